The van der Waals surface area contributed by atoms with Crippen LogP contribution in [0.5, 0.6) is 0 Å². The molecule has 0 saturated carbocycles. The largest absolute Gasteiger partial charge is 0.326 e. The molecule has 1 aromatic rings. The van der Waals surface area contributed by atoms with Gasteiger partial charge in [-0.2, -0.15) is 0 Å². The molecular formula is C13H24N2. The van der Waals surface area contributed by atoms with E-state index < -0.39 is 0 Å². The summed E-state index contributed by atoms with van der Waals surface area (Å²) in [5.74, 6) is 0. The first-order valence-electron chi connectivity index (χ1n) is 5.67. The molecule has 0 aromatic heterocycles. The molecule has 2 N–H and O–H groups in total. The highest BCUT2D eigenvalue weighted by Gasteiger charge is 1.86. The van der Waals surface area contributed by atoms with E-state index in [0.29, 0.717) is 6.54 Å². The number of hydrogen-bond donors (Lipinski definition) is 1. The fraction of sp³-hybridized carbons (Fsp3) is 0.538. The summed E-state index contributed by atoms with van der Waals surface area (Å²) in [6.07, 6.45) is 1.27. The predicted octanol–water partition coefficient (Wildman–Crippen LogP) is 2.49. The molecule has 15 heavy (non-hydrogen) atoms. The smallest absolute Gasteiger partial charge is 0.0178 e. The highest BCUT2D eigenvalue weighted by Crippen LogP contribution is 1.94. The van der Waals surface area contributed by atoms with Crippen molar-refractivity contribution in [3.8, 4) is 0 Å². The van der Waals surface area contributed by atoms with E-state index in [0.717, 1.165) is 0 Å². The van der Waals surface area contributed by atoms with Crippen molar-refractivity contribution in [1.82, 2.24) is 4.90 Å². The van der Waals surface area contributed by atoms with Gasteiger partial charge in [0.05, 0.1) is 0 Å². The van der Waals surface area contributed by atoms with Crippen LogP contribution in [0.4, 0.5) is 0 Å². The third-order valence-electron chi connectivity index (χ3n) is 2.22. The van der Waals surface area contributed by atoms with Gasteiger partial charge in [-0.1, -0.05) is 44.2 Å². The zero-order valence-corrected chi connectivity index (χ0v) is 10.2. The molecule has 0 saturated heterocycles. The van der Waals surface area contributed by atoms with Crippen molar-refractivity contribution in [3.63, 3.8) is 0 Å². The molecule has 0 atom stereocenters. The molecule has 1 aromatic carbocycles. The Kier molecular flexibility index (Phi) is 9.13. The minimum absolute atomic E-state index is 0.640. The number of benzene rings is 1. The SMILES string of the molecule is CCCN(C)CC.NCc1ccccc1. The molecule has 0 radical (unpaired) electrons. The molecule has 0 aliphatic heterocycles. The number of nitrogens with zero attached hydrogens (tertiary/aromatic N) is 1. The maximum Gasteiger partial charge on any atom is 0.0178 e. The van der Waals surface area contributed by atoms with Crippen LogP contribution in [0.2, 0.25) is 0 Å². The average Bonchev–Trinajstić information content (AvgIpc) is 2.31. The van der Waals surface area contributed by atoms with Crippen LogP contribution in [-0.4, -0.2) is 25.0 Å². The zero-order valence-electron chi connectivity index (χ0n) is 10.2. The fourth-order valence-corrected chi connectivity index (χ4v) is 1.15. The van der Waals surface area contributed by atoms with Crippen molar-refractivity contribution in [2.24, 2.45) is 5.73 Å². The summed E-state index contributed by atoms with van der Waals surface area (Å²) >= 11 is 0. The molecule has 2 heteroatoms. The Labute approximate surface area is 94.1 Å². The maximum absolute atomic E-state index is 5.35. The van der Waals surface area contributed by atoms with Crippen LogP contribution in [0, 0.1) is 0 Å². The summed E-state index contributed by atoms with van der Waals surface area (Å²) in [4.78, 5) is 2.31. The van der Waals surface area contributed by atoms with Crippen molar-refractivity contribution in [2.75, 3.05) is 20.1 Å². The van der Waals surface area contributed by atoms with Crippen LogP contribution in [0.1, 0.15) is 25.8 Å². The summed E-state index contributed by atoms with van der Waals surface area (Å²) in [6, 6.07) is 9.99. The van der Waals surface area contributed by atoms with Gasteiger partial charge in [0.2, 0.25) is 0 Å². The van der Waals surface area contributed by atoms with E-state index in [1.807, 2.05) is 30.3 Å². The molecule has 0 fully saturated rings. The standard InChI is InChI=1S/C7H9N.C6H15N/c8-6-7-4-2-1-3-5-7;1-4-6-7(3)5-2/h1-5H,6,8H2;4-6H2,1-3H3. The van der Waals surface area contributed by atoms with Crippen LogP contribution in [0.25, 0.3) is 0 Å². The second kappa shape index (κ2) is 9.69. The average molecular weight is 208 g/mol. The number of hydrogen-bond acceptors (Lipinski definition) is 2. The summed E-state index contributed by atoms with van der Waals surface area (Å²) < 4.78 is 0. The third kappa shape index (κ3) is 8.16. The Morgan fingerprint density at radius 1 is 1.13 bits per heavy atom. The molecule has 2 nitrogen and oxygen atoms in total. The van der Waals surface area contributed by atoms with E-state index in [2.05, 4.69) is 25.8 Å². The minimum Gasteiger partial charge on any atom is -0.326 e. The van der Waals surface area contributed by atoms with Crippen molar-refractivity contribution in [3.05, 3.63) is 35.9 Å². The Balaban J connectivity index is 0.000000265. The zero-order chi connectivity index (χ0) is 11.5. The minimum atomic E-state index is 0.640. The van der Waals surface area contributed by atoms with Gasteiger partial charge in [-0.3, -0.25) is 0 Å². The lowest BCUT2D eigenvalue weighted by Gasteiger charge is -2.10. The second-order valence-corrected chi connectivity index (χ2v) is 3.59. The third-order valence-corrected chi connectivity index (χ3v) is 2.22. The van der Waals surface area contributed by atoms with Crippen LogP contribution in [0.3, 0.4) is 0 Å². The van der Waals surface area contributed by atoms with Crippen molar-refractivity contribution in [2.45, 2.75) is 26.8 Å². The van der Waals surface area contributed by atoms with E-state index in [1.54, 1.807) is 0 Å². The number of rotatable bonds is 4. The highest BCUT2D eigenvalue weighted by atomic mass is 15.1. The van der Waals surface area contributed by atoms with Crippen molar-refractivity contribution >= 4 is 0 Å². The number of nitrogens with two attached hydrogens (primary N) is 1. The summed E-state index contributed by atoms with van der Waals surface area (Å²) in [7, 11) is 2.14. The van der Waals surface area contributed by atoms with Gasteiger partial charge in [0.15, 0.2) is 0 Å². The Hall–Kier alpha value is -0.860. The van der Waals surface area contributed by atoms with Gasteiger partial charge >= 0.3 is 0 Å². The molecule has 0 spiro atoms. The fourth-order valence-electron chi connectivity index (χ4n) is 1.15. The lowest BCUT2D eigenvalue weighted by molar-refractivity contribution is 0.353. The van der Waals surface area contributed by atoms with E-state index in [-0.39, 0.29) is 0 Å². The predicted molar refractivity (Wildman–Crippen MR) is 67.8 cm³/mol. The van der Waals surface area contributed by atoms with E-state index in [1.165, 1.54) is 25.1 Å². The summed E-state index contributed by atoms with van der Waals surface area (Å²) in [6.45, 7) is 7.42. The van der Waals surface area contributed by atoms with Crippen LogP contribution >= 0.6 is 0 Å². The van der Waals surface area contributed by atoms with Crippen LogP contribution in [0.15, 0.2) is 30.3 Å². The first-order valence-corrected chi connectivity index (χ1v) is 5.67. The lowest BCUT2D eigenvalue weighted by Crippen LogP contribution is -2.17. The van der Waals surface area contributed by atoms with Gasteiger partial charge in [0.1, 0.15) is 0 Å². The van der Waals surface area contributed by atoms with Crippen molar-refractivity contribution in [1.29, 1.82) is 0 Å². The molecule has 0 unspecified atom stereocenters. The van der Waals surface area contributed by atoms with Gasteiger partial charge in [-0.15, -0.1) is 0 Å². The molecule has 0 aliphatic rings. The van der Waals surface area contributed by atoms with E-state index >= 15 is 0 Å². The molecule has 1 rings (SSSR count). The first-order chi connectivity index (χ1) is 7.24. The lowest BCUT2D eigenvalue weighted by atomic mass is 10.2. The van der Waals surface area contributed by atoms with Crippen LogP contribution < -0.4 is 5.73 Å². The van der Waals surface area contributed by atoms with E-state index in [4.69, 9.17) is 5.73 Å². The summed E-state index contributed by atoms with van der Waals surface area (Å²) in [5, 5.41) is 0. The highest BCUT2D eigenvalue weighted by molar-refractivity contribution is 5.13. The van der Waals surface area contributed by atoms with Gasteiger partial charge in [0.25, 0.3) is 0 Å². The maximum atomic E-state index is 5.35. The van der Waals surface area contributed by atoms with Crippen molar-refractivity contribution < 1.29 is 0 Å². The molecule has 0 bridgehead atoms. The Morgan fingerprint density at radius 3 is 2.00 bits per heavy atom. The van der Waals surface area contributed by atoms with Gasteiger partial charge in [0, 0.05) is 6.54 Å². The van der Waals surface area contributed by atoms with Gasteiger partial charge < -0.3 is 10.6 Å². The molecule has 0 amide bonds. The summed E-state index contributed by atoms with van der Waals surface area (Å²) in [5.41, 5.74) is 6.54. The van der Waals surface area contributed by atoms with Gasteiger partial charge in [-0.05, 0) is 32.1 Å². The molecule has 0 heterocycles. The van der Waals surface area contributed by atoms with Gasteiger partial charge in [-0.25, -0.2) is 0 Å². The topological polar surface area (TPSA) is 29.3 Å². The first kappa shape index (κ1) is 14.1. The molecule has 86 valence electrons. The van der Waals surface area contributed by atoms with Crippen LogP contribution in [-0.2, 0) is 6.54 Å². The monoisotopic (exact) mass is 208 g/mol. The Bertz CT molecular complexity index is 221. The Morgan fingerprint density at radius 2 is 1.73 bits per heavy atom. The molecular weight excluding hydrogens is 184 g/mol. The van der Waals surface area contributed by atoms with E-state index in [9.17, 15) is 0 Å². The normalized spacial score (nSPS) is 9.67. The quantitative estimate of drug-likeness (QED) is 0.823. The molecule has 0 aliphatic carbocycles. The second-order valence-electron chi connectivity index (χ2n) is 3.59.